The predicted octanol–water partition coefficient (Wildman–Crippen LogP) is 3.34. The second kappa shape index (κ2) is 6.80. The molecular formula is C16H19F3N2O3. The average Bonchev–Trinajstić information content (AvgIpc) is 2.90. The van der Waals surface area contributed by atoms with Gasteiger partial charge in [0.25, 0.3) is 11.6 Å². The second-order valence-corrected chi connectivity index (χ2v) is 5.61. The Bertz CT molecular complexity index is 646. The molecule has 0 aliphatic carbocycles. The maximum absolute atomic E-state index is 13.4. The Balaban J connectivity index is 2.37. The smallest absolute Gasteiger partial charge is 0.438 e. The van der Waals surface area contributed by atoms with Crippen molar-refractivity contribution in [3.63, 3.8) is 0 Å². The van der Waals surface area contributed by atoms with E-state index in [1.165, 1.54) is 25.3 Å². The Morgan fingerprint density at radius 3 is 2.75 bits per heavy atom. The first-order chi connectivity index (χ1) is 11.2. The van der Waals surface area contributed by atoms with Crippen molar-refractivity contribution in [3.8, 4) is 5.75 Å². The Kier molecular flexibility index (Phi) is 5.17. The van der Waals surface area contributed by atoms with Crippen molar-refractivity contribution < 1.29 is 27.8 Å². The third-order valence-electron chi connectivity index (χ3n) is 3.82. The lowest BCUT2D eigenvalue weighted by molar-refractivity contribution is -0.297. The molecule has 1 N–H and O–H groups in total. The Morgan fingerprint density at radius 1 is 1.46 bits per heavy atom. The van der Waals surface area contributed by atoms with Crippen LogP contribution in [0.15, 0.2) is 29.4 Å². The molecule has 132 valence electrons. The molecule has 24 heavy (non-hydrogen) atoms. The van der Waals surface area contributed by atoms with Crippen LogP contribution in [0.4, 0.5) is 13.2 Å². The second-order valence-electron chi connectivity index (χ2n) is 5.61. The minimum atomic E-state index is -5.01. The summed E-state index contributed by atoms with van der Waals surface area (Å²) in [7, 11) is 1.38. The number of amides is 1. The van der Waals surface area contributed by atoms with Crippen molar-refractivity contribution in [2.75, 3.05) is 7.11 Å². The highest BCUT2D eigenvalue weighted by molar-refractivity contribution is 5.98. The van der Waals surface area contributed by atoms with Crippen LogP contribution in [0.3, 0.4) is 0 Å². The summed E-state index contributed by atoms with van der Waals surface area (Å²) in [5.41, 5.74) is -3.21. The summed E-state index contributed by atoms with van der Waals surface area (Å²) in [6.07, 6.45) is -4.04. The molecule has 0 saturated carbocycles. The van der Waals surface area contributed by atoms with E-state index in [4.69, 9.17) is 4.74 Å². The Labute approximate surface area is 137 Å². The van der Waals surface area contributed by atoms with E-state index in [9.17, 15) is 23.1 Å². The van der Waals surface area contributed by atoms with E-state index in [-0.39, 0.29) is 16.3 Å². The predicted molar refractivity (Wildman–Crippen MR) is 81.7 cm³/mol. The molecule has 0 radical (unpaired) electrons. The summed E-state index contributed by atoms with van der Waals surface area (Å²) in [6, 6.07) is 5.70. The lowest BCUT2D eigenvalue weighted by Crippen LogP contribution is -2.56. The molecule has 1 aromatic carbocycles. The number of hydrazone groups is 1. The largest absolute Gasteiger partial charge is 0.497 e. The highest BCUT2D eigenvalue weighted by Gasteiger charge is 2.63. The Morgan fingerprint density at radius 2 is 2.17 bits per heavy atom. The average molecular weight is 344 g/mol. The van der Waals surface area contributed by atoms with Gasteiger partial charge in [-0.1, -0.05) is 19.4 Å². The van der Waals surface area contributed by atoms with E-state index >= 15 is 0 Å². The monoisotopic (exact) mass is 344 g/mol. The summed E-state index contributed by atoms with van der Waals surface area (Å²) >= 11 is 0. The first-order valence-electron chi connectivity index (χ1n) is 7.57. The van der Waals surface area contributed by atoms with Crippen LogP contribution in [-0.4, -0.2) is 40.7 Å². The number of alkyl halides is 3. The summed E-state index contributed by atoms with van der Waals surface area (Å²) in [4.78, 5) is 12.5. The van der Waals surface area contributed by atoms with Gasteiger partial charge in [0.05, 0.1) is 7.11 Å². The fourth-order valence-corrected chi connectivity index (χ4v) is 2.45. The third kappa shape index (κ3) is 3.38. The van der Waals surface area contributed by atoms with Gasteiger partial charge in [-0.2, -0.15) is 23.3 Å². The number of benzene rings is 1. The highest BCUT2D eigenvalue weighted by atomic mass is 19.4. The summed E-state index contributed by atoms with van der Waals surface area (Å²) < 4.78 is 45.1. The maximum Gasteiger partial charge on any atom is 0.438 e. The molecule has 1 heterocycles. The van der Waals surface area contributed by atoms with Gasteiger partial charge < -0.3 is 9.84 Å². The van der Waals surface area contributed by atoms with Gasteiger partial charge in [0.2, 0.25) is 0 Å². The van der Waals surface area contributed by atoms with Crippen LogP contribution in [0, 0.1) is 0 Å². The van der Waals surface area contributed by atoms with Crippen molar-refractivity contribution in [2.24, 2.45) is 5.10 Å². The fraction of sp³-hybridized carbons (Fsp3) is 0.500. The van der Waals surface area contributed by atoms with Crippen molar-refractivity contribution >= 4 is 11.6 Å². The van der Waals surface area contributed by atoms with Gasteiger partial charge in [-0.15, -0.1) is 0 Å². The van der Waals surface area contributed by atoms with Gasteiger partial charge in [0, 0.05) is 17.7 Å². The van der Waals surface area contributed by atoms with Crippen LogP contribution in [0.1, 0.15) is 43.0 Å². The third-order valence-corrected chi connectivity index (χ3v) is 3.82. The van der Waals surface area contributed by atoms with E-state index in [0.29, 0.717) is 18.6 Å². The molecule has 0 bridgehead atoms. The molecule has 0 fully saturated rings. The molecule has 1 aliphatic heterocycles. The normalized spacial score (nSPS) is 20.9. The number of carbonyl (C=O) groups is 1. The number of hydrogen-bond donors (Lipinski definition) is 1. The number of methoxy groups -OCH3 is 1. The number of carbonyl (C=O) groups excluding carboxylic acids is 1. The molecule has 1 atom stereocenters. The molecule has 0 spiro atoms. The molecule has 8 heteroatoms. The Hall–Kier alpha value is -2.09. The zero-order valence-corrected chi connectivity index (χ0v) is 13.4. The lowest BCUT2D eigenvalue weighted by Gasteiger charge is -2.32. The van der Waals surface area contributed by atoms with E-state index in [2.05, 4.69) is 5.10 Å². The molecule has 5 nitrogen and oxygen atoms in total. The first-order valence-corrected chi connectivity index (χ1v) is 7.57. The molecule has 1 aliphatic rings. The van der Waals surface area contributed by atoms with E-state index in [1.54, 1.807) is 6.07 Å². The topological polar surface area (TPSA) is 62.1 Å². The van der Waals surface area contributed by atoms with Crippen molar-refractivity contribution in [1.29, 1.82) is 0 Å². The number of halogens is 3. The van der Waals surface area contributed by atoms with Crippen molar-refractivity contribution in [3.05, 3.63) is 29.8 Å². The van der Waals surface area contributed by atoms with Gasteiger partial charge in [-0.25, -0.2) is 0 Å². The molecular weight excluding hydrogens is 325 g/mol. The highest BCUT2D eigenvalue weighted by Crippen LogP contribution is 2.41. The maximum atomic E-state index is 13.4. The summed E-state index contributed by atoms with van der Waals surface area (Å²) in [5.74, 6) is -0.703. The quantitative estimate of drug-likeness (QED) is 0.891. The zero-order chi connectivity index (χ0) is 18.0. The van der Waals surface area contributed by atoms with Gasteiger partial charge in [-0.3, -0.25) is 4.79 Å². The first kappa shape index (κ1) is 18.3. The standard InChI is InChI=1S/C16H19F3N2O3/c1-3-4-7-12-10-15(23,16(17,18)19)21(20-12)14(22)11-6-5-8-13(9-11)24-2/h5-6,8-9,23H,3-4,7,10H2,1-2H3/t15-/m0/s1. The molecule has 0 aromatic heterocycles. The van der Waals surface area contributed by atoms with Crippen LogP contribution >= 0.6 is 0 Å². The van der Waals surface area contributed by atoms with E-state index < -0.39 is 24.2 Å². The van der Waals surface area contributed by atoms with Gasteiger partial charge in [0.15, 0.2) is 0 Å². The van der Waals surface area contributed by atoms with Crippen LogP contribution in [0.2, 0.25) is 0 Å². The number of ether oxygens (including phenoxy) is 1. The van der Waals surface area contributed by atoms with Crippen LogP contribution in [0.25, 0.3) is 0 Å². The van der Waals surface area contributed by atoms with E-state index in [0.717, 1.165) is 6.42 Å². The molecule has 2 rings (SSSR count). The number of unbranched alkanes of at least 4 members (excludes halogenated alkanes) is 1. The van der Waals surface area contributed by atoms with Crippen LogP contribution in [0.5, 0.6) is 5.75 Å². The summed E-state index contributed by atoms with van der Waals surface area (Å²) in [6.45, 7) is 1.89. The van der Waals surface area contributed by atoms with Crippen LogP contribution in [-0.2, 0) is 0 Å². The minimum absolute atomic E-state index is 0.0440. The molecule has 0 saturated heterocycles. The van der Waals surface area contributed by atoms with Gasteiger partial charge in [0.1, 0.15) is 5.75 Å². The fourth-order valence-electron chi connectivity index (χ4n) is 2.45. The number of aliphatic hydroxyl groups is 1. The molecule has 1 amide bonds. The van der Waals surface area contributed by atoms with Gasteiger partial charge in [-0.05, 0) is 31.0 Å². The number of rotatable bonds is 5. The SMILES string of the molecule is CCCCC1=NN(C(=O)c2cccc(OC)c2)[C@@](O)(C(F)(F)F)C1. The van der Waals surface area contributed by atoms with Crippen LogP contribution < -0.4 is 4.74 Å². The summed E-state index contributed by atoms with van der Waals surface area (Å²) in [5, 5.41) is 14.1. The van der Waals surface area contributed by atoms with Crippen molar-refractivity contribution in [1.82, 2.24) is 5.01 Å². The molecule has 1 aromatic rings. The lowest BCUT2D eigenvalue weighted by atomic mass is 10.0. The zero-order valence-electron chi connectivity index (χ0n) is 13.4. The number of nitrogens with zero attached hydrogens (tertiary/aromatic N) is 2. The molecule has 0 unspecified atom stereocenters. The number of hydrogen-bond acceptors (Lipinski definition) is 4. The van der Waals surface area contributed by atoms with Crippen molar-refractivity contribution in [2.45, 2.75) is 44.5 Å². The van der Waals surface area contributed by atoms with E-state index in [1.807, 2.05) is 6.92 Å². The van der Waals surface area contributed by atoms with Gasteiger partial charge >= 0.3 is 6.18 Å². The minimum Gasteiger partial charge on any atom is -0.497 e.